The van der Waals surface area contributed by atoms with Crippen molar-refractivity contribution in [1.82, 2.24) is 24.9 Å². The first kappa shape index (κ1) is 17.9. The Bertz CT molecular complexity index is 896. The van der Waals surface area contributed by atoms with E-state index in [4.69, 9.17) is 23.2 Å². The SMILES string of the molecule is CCCn1cc(CN(C)Cc2ccc3c(Cl)cc(Cl)c(O)c3n2)nn1. The number of phenols is 1. The van der Waals surface area contributed by atoms with Gasteiger partial charge in [0.15, 0.2) is 5.75 Å². The molecule has 0 atom stereocenters. The molecule has 0 fully saturated rings. The van der Waals surface area contributed by atoms with Crippen molar-refractivity contribution in [2.75, 3.05) is 7.05 Å². The van der Waals surface area contributed by atoms with E-state index in [-0.39, 0.29) is 10.8 Å². The van der Waals surface area contributed by atoms with E-state index < -0.39 is 0 Å². The van der Waals surface area contributed by atoms with Crippen LogP contribution < -0.4 is 0 Å². The standard InChI is InChI=1S/C17H19Cl2N5O/c1-3-6-24-10-12(21-22-24)9-23(2)8-11-4-5-13-14(18)7-15(19)17(25)16(13)20-11/h4-5,7,10,25H,3,6,8-9H2,1-2H3. The third-order valence-corrected chi connectivity index (χ3v) is 4.42. The Balaban J connectivity index is 1.76. The number of halogens is 2. The van der Waals surface area contributed by atoms with Crippen molar-refractivity contribution in [3.63, 3.8) is 0 Å². The number of aromatic nitrogens is 4. The molecule has 8 heteroatoms. The van der Waals surface area contributed by atoms with Crippen LogP contribution in [0.15, 0.2) is 24.4 Å². The largest absolute Gasteiger partial charge is 0.504 e. The minimum Gasteiger partial charge on any atom is -0.504 e. The van der Waals surface area contributed by atoms with Gasteiger partial charge in [0.25, 0.3) is 0 Å². The van der Waals surface area contributed by atoms with Crippen LogP contribution in [0.25, 0.3) is 10.9 Å². The van der Waals surface area contributed by atoms with Gasteiger partial charge in [-0.1, -0.05) is 35.3 Å². The summed E-state index contributed by atoms with van der Waals surface area (Å²) in [6.07, 6.45) is 2.98. The smallest absolute Gasteiger partial charge is 0.160 e. The summed E-state index contributed by atoms with van der Waals surface area (Å²) >= 11 is 12.1. The number of aromatic hydroxyl groups is 1. The maximum atomic E-state index is 10.1. The Morgan fingerprint density at radius 1 is 1.16 bits per heavy atom. The molecule has 0 spiro atoms. The van der Waals surface area contributed by atoms with Crippen molar-refractivity contribution in [2.24, 2.45) is 0 Å². The number of benzene rings is 1. The molecular weight excluding hydrogens is 361 g/mol. The zero-order valence-corrected chi connectivity index (χ0v) is 15.6. The van der Waals surface area contributed by atoms with Crippen LogP contribution in [0.5, 0.6) is 5.75 Å². The molecule has 2 heterocycles. The van der Waals surface area contributed by atoms with Gasteiger partial charge in [-0.25, -0.2) is 4.98 Å². The van der Waals surface area contributed by atoms with Crippen molar-refractivity contribution in [3.05, 3.63) is 45.8 Å². The second-order valence-electron chi connectivity index (χ2n) is 6.03. The molecule has 0 aliphatic rings. The lowest BCUT2D eigenvalue weighted by Crippen LogP contribution is -2.18. The maximum Gasteiger partial charge on any atom is 0.160 e. The highest BCUT2D eigenvalue weighted by Gasteiger charge is 2.12. The Kier molecular flexibility index (Phi) is 5.42. The average Bonchev–Trinajstić information content (AvgIpc) is 3.00. The van der Waals surface area contributed by atoms with Gasteiger partial charge in [0.1, 0.15) is 5.52 Å². The fourth-order valence-corrected chi connectivity index (χ4v) is 3.21. The number of pyridine rings is 1. The van der Waals surface area contributed by atoms with Gasteiger partial charge < -0.3 is 5.11 Å². The Morgan fingerprint density at radius 3 is 2.68 bits per heavy atom. The number of hydrogen-bond donors (Lipinski definition) is 1. The summed E-state index contributed by atoms with van der Waals surface area (Å²) in [7, 11) is 1.98. The van der Waals surface area contributed by atoms with Crippen molar-refractivity contribution in [3.8, 4) is 5.75 Å². The molecule has 0 bridgehead atoms. The first-order chi connectivity index (χ1) is 12.0. The van der Waals surface area contributed by atoms with Crippen LogP contribution in [0.4, 0.5) is 0 Å². The van der Waals surface area contributed by atoms with E-state index in [9.17, 15) is 5.11 Å². The van der Waals surface area contributed by atoms with Gasteiger partial charge >= 0.3 is 0 Å². The quantitative estimate of drug-likeness (QED) is 0.703. The van der Waals surface area contributed by atoms with Crippen LogP contribution in [0, 0.1) is 0 Å². The number of phenolic OH excluding ortho intramolecular Hbond substituents is 1. The molecule has 6 nitrogen and oxygen atoms in total. The van der Waals surface area contributed by atoms with Crippen molar-refractivity contribution in [2.45, 2.75) is 33.0 Å². The van der Waals surface area contributed by atoms with Crippen LogP contribution in [0.3, 0.4) is 0 Å². The number of rotatable bonds is 6. The zero-order chi connectivity index (χ0) is 18.0. The van der Waals surface area contributed by atoms with Crippen LogP contribution >= 0.6 is 23.2 Å². The third-order valence-electron chi connectivity index (χ3n) is 3.82. The van der Waals surface area contributed by atoms with Crippen LogP contribution in [0.1, 0.15) is 24.7 Å². The zero-order valence-electron chi connectivity index (χ0n) is 14.1. The first-order valence-electron chi connectivity index (χ1n) is 8.02. The third kappa shape index (κ3) is 4.03. The minimum atomic E-state index is -0.0481. The maximum absolute atomic E-state index is 10.1. The molecule has 0 aliphatic carbocycles. The van der Waals surface area contributed by atoms with E-state index in [0.717, 1.165) is 24.4 Å². The fraction of sp³-hybridized carbons (Fsp3) is 0.353. The summed E-state index contributed by atoms with van der Waals surface area (Å²) in [5.41, 5.74) is 2.13. The molecule has 2 aromatic heterocycles. The molecule has 25 heavy (non-hydrogen) atoms. The molecule has 3 aromatic rings. The van der Waals surface area contributed by atoms with E-state index in [1.54, 1.807) is 0 Å². The van der Waals surface area contributed by atoms with Crippen molar-refractivity contribution >= 4 is 34.1 Å². The normalized spacial score (nSPS) is 11.6. The van der Waals surface area contributed by atoms with Gasteiger partial charge in [-0.15, -0.1) is 5.10 Å². The van der Waals surface area contributed by atoms with Crippen molar-refractivity contribution in [1.29, 1.82) is 0 Å². The number of aryl methyl sites for hydroxylation is 1. The molecule has 0 amide bonds. The summed E-state index contributed by atoms with van der Waals surface area (Å²) in [5, 5.41) is 19.8. The minimum absolute atomic E-state index is 0.0481. The summed E-state index contributed by atoms with van der Waals surface area (Å²) in [6.45, 7) is 4.22. The first-order valence-corrected chi connectivity index (χ1v) is 8.77. The molecule has 0 saturated heterocycles. The van der Waals surface area contributed by atoms with E-state index in [0.29, 0.717) is 29.0 Å². The molecule has 1 aromatic carbocycles. The van der Waals surface area contributed by atoms with Gasteiger partial charge in [-0.3, -0.25) is 9.58 Å². The molecule has 132 valence electrons. The second-order valence-corrected chi connectivity index (χ2v) is 6.85. The second kappa shape index (κ2) is 7.56. The number of fused-ring (bicyclic) bond motifs is 1. The van der Waals surface area contributed by atoms with Crippen LogP contribution in [-0.4, -0.2) is 37.0 Å². The number of nitrogens with zero attached hydrogens (tertiary/aromatic N) is 5. The van der Waals surface area contributed by atoms with Crippen molar-refractivity contribution < 1.29 is 5.11 Å². The van der Waals surface area contributed by atoms with Gasteiger partial charge in [-0.05, 0) is 31.7 Å². The molecule has 0 unspecified atom stereocenters. The molecular formula is C17H19Cl2N5O. The summed E-state index contributed by atoms with van der Waals surface area (Å²) in [5.74, 6) is -0.0481. The van der Waals surface area contributed by atoms with E-state index in [1.807, 2.05) is 30.1 Å². The van der Waals surface area contributed by atoms with Gasteiger partial charge in [0.05, 0.1) is 21.4 Å². The fourth-order valence-electron chi connectivity index (χ4n) is 2.69. The highest BCUT2D eigenvalue weighted by atomic mass is 35.5. The molecule has 0 aliphatic heterocycles. The topological polar surface area (TPSA) is 67.1 Å². The number of hydrogen-bond acceptors (Lipinski definition) is 5. The lowest BCUT2D eigenvalue weighted by Gasteiger charge is -2.15. The average molecular weight is 380 g/mol. The van der Waals surface area contributed by atoms with Gasteiger partial charge in [0, 0.05) is 31.2 Å². The molecule has 0 radical (unpaired) electrons. The van der Waals surface area contributed by atoms with E-state index >= 15 is 0 Å². The predicted molar refractivity (Wildman–Crippen MR) is 98.9 cm³/mol. The van der Waals surface area contributed by atoms with Gasteiger partial charge in [0.2, 0.25) is 0 Å². The monoisotopic (exact) mass is 379 g/mol. The highest BCUT2D eigenvalue weighted by molar-refractivity contribution is 6.39. The van der Waals surface area contributed by atoms with E-state index in [2.05, 4.69) is 27.1 Å². The highest BCUT2D eigenvalue weighted by Crippen LogP contribution is 2.36. The summed E-state index contributed by atoms with van der Waals surface area (Å²) < 4.78 is 1.85. The van der Waals surface area contributed by atoms with Crippen LogP contribution in [-0.2, 0) is 19.6 Å². The molecule has 3 rings (SSSR count). The predicted octanol–water partition coefficient (Wildman–Crippen LogP) is 3.88. The Hall–Kier alpha value is -1.89. The lowest BCUT2D eigenvalue weighted by atomic mass is 10.2. The van der Waals surface area contributed by atoms with Gasteiger partial charge in [-0.2, -0.15) is 0 Å². The molecule has 0 saturated carbocycles. The van der Waals surface area contributed by atoms with E-state index in [1.165, 1.54) is 6.07 Å². The summed E-state index contributed by atoms with van der Waals surface area (Å²) in [6, 6.07) is 5.27. The molecule has 1 N–H and O–H groups in total. The lowest BCUT2D eigenvalue weighted by molar-refractivity contribution is 0.311. The Morgan fingerprint density at radius 2 is 1.92 bits per heavy atom. The Labute approximate surface area is 156 Å². The van der Waals surface area contributed by atoms with Crippen LogP contribution in [0.2, 0.25) is 10.0 Å². The summed E-state index contributed by atoms with van der Waals surface area (Å²) in [4.78, 5) is 6.59.